The number of hydrogen-bond donors (Lipinski definition) is 0. The van der Waals surface area contributed by atoms with Crippen LogP contribution in [0.1, 0.15) is 31.2 Å². The number of carbonyl (C=O) groups excluding carboxylic acids is 1. The van der Waals surface area contributed by atoms with Crippen LogP contribution in [0.15, 0.2) is 24.3 Å². The minimum Gasteiger partial charge on any atom is -0.496 e. The Morgan fingerprint density at radius 3 is 2.50 bits per heavy atom. The molecule has 1 heterocycles. The van der Waals surface area contributed by atoms with Crippen LogP contribution >= 0.6 is 0 Å². The molecule has 0 aromatic heterocycles. The molecule has 0 atom stereocenters. The Morgan fingerprint density at radius 2 is 1.85 bits per heavy atom. The van der Waals surface area contributed by atoms with E-state index in [2.05, 4.69) is 0 Å². The first-order valence-corrected chi connectivity index (χ1v) is 7.34. The summed E-state index contributed by atoms with van der Waals surface area (Å²) in [5, 5.41) is 0. The maximum Gasteiger partial charge on any atom is 0.320 e. The highest BCUT2D eigenvalue weighted by Crippen LogP contribution is 2.20. The van der Waals surface area contributed by atoms with Crippen molar-refractivity contribution in [2.75, 3.05) is 27.2 Å². The van der Waals surface area contributed by atoms with Crippen molar-refractivity contribution in [2.24, 2.45) is 0 Å². The van der Waals surface area contributed by atoms with Crippen LogP contribution in [-0.4, -0.2) is 43.1 Å². The topological polar surface area (TPSA) is 32.8 Å². The minimum absolute atomic E-state index is 0.123. The van der Waals surface area contributed by atoms with Gasteiger partial charge in [0, 0.05) is 25.7 Å². The molecule has 4 heteroatoms. The summed E-state index contributed by atoms with van der Waals surface area (Å²) in [6.07, 6.45) is 4.71. The lowest BCUT2D eigenvalue weighted by molar-refractivity contribution is 0.162. The first-order chi connectivity index (χ1) is 9.72. The predicted molar refractivity (Wildman–Crippen MR) is 79.9 cm³/mol. The third-order valence-electron chi connectivity index (χ3n) is 3.80. The third-order valence-corrected chi connectivity index (χ3v) is 3.80. The highest BCUT2D eigenvalue weighted by atomic mass is 16.5. The average Bonchev–Trinajstić information content (AvgIpc) is 2.76. The number of hydrogen-bond acceptors (Lipinski definition) is 2. The van der Waals surface area contributed by atoms with Gasteiger partial charge in [0.15, 0.2) is 0 Å². The van der Waals surface area contributed by atoms with Crippen LogP contribution in [-0.2, 0) is 6.54 Å². The van der Waals surface area contributed by atoms with Crippen LogP contribution in [0.2, 0.25) is 0 Å². The highest BCUT2D eigenvalue weighted by Gasteiger charge is 2.19. The standard InChI is InChI=1S/C16H24N2O2/c1-17(13-14-9-5-6-10-15(14)20-2)16(19)18-11-7-3-4-8-12-18/h5-6,9-10H,3-4,7-8,11-13H2,1-2H3. The molecule has 4 nitrogen and oxygen atoms in total. The summed E-state index contributed by atoms with van der Waals surface area (Å²) in [6.45, 7) is 2.35. The fraction of sp³-hybridized carbons (Fsp3) is 0.562. The van der Waals surface area contributed by atoms with Gasteiger partial charge in [-0.25, -0.2) is 4.79 Å². The minimum atomic E-state index is 0.123. The Labute approximate surface area is 121 Å². The van der Waals surface area contributed by atoms with Crippen molar-refractivity contribution in [3.63, 3.8) is 0 Å². The van der Waals surface area contributed by atoms with Crippen LogP contribution < -0.4 is 4.74 Å². The molecule has 0 saturated carbocycles. The highest BCUT2D eigenvalue weighted by molar-refractivity contribution is 5.74. The maximum absolute atomic E-state index is 12.5. The maximum atomic E-state index is 12.5. The van der Waals surface area contributed by atoms with E-state index in [1.807, 2.05) is 36.2 Å². The van der Waals surface area contributed by atoms with E-state index in [9.17, 15) is 4.79 Å². The van der Waals surface area contributed by atoms with Gasteiger partial charge in [0.1, 0.15) is 5.75 Å². The largest absolute Gasteiger partial charge is 0.496 e. The first kappa shape index (κ1) is 14.7. The zero-order valence-electron chi connectivity index (χ0n) is 12.5. The molecule has 110 valence electrons. The lowest BCUT2D eigenvalue weighted by atomic mass is 10.2. The molecule has 0 bridgehead atoms. The summed E-state index contributed by atoms with van der Waals surface area (Å²) >= 11 is 0. The molecule has 0 unspecified atom stereocenters. The third kappa shape index (κ3) is 3.65. The SMILES string of the molecule is COc1ccccc1CN(C)C(=O)N1CCCCCC1. The number of nitrogens with zero attached hydrogens (tertiary/aromatic N) is 2. The van der Waals surface area contributed by atoms with Crippen molar-refractivity contribution in [1.82, 2.24) is 9.80 Å². The number of ether oxygens (including phenoxy) is 1. The number of benzene rings is 1. The van der Waals surface area contributed by atoms with Crippen molar-refractivity contribution in [1.29, 1.82) is 0 Å². The number of para-hydroxylation sites is 1. The molecule has 1 aliphatic heterocycles. The van der Waals surface area contributed by atoms with Gasteiger partial charge in [0.2, 0.25) is 0 Å². The van der Waals surface area contributed by atoms with E-state index >= 15 is 0 Å². The normalized spacial score (nSPS) is 15.6. The van der Waals surface area contributed by atoms with Gasteiger partial charge in [-0.3, -0.25) is 0 Å². The molecular weight excluding hydrogens is 252 g/mol. The molecule has 1 fully saturated rings. The Morgan fingerprint density at radius 1 is 1.20 bits per heavy atom. The Hall–Kier alpha value is -1.71. The molecule has 1 saturated heterocycles. The van der Waals surface area contributed by atoms with Crippen LogP contribution in [0, 0.1) is 0 Å². The van der Waals surface area contributed by atoms with E-state index in [0.717, 1.165) is 37.2 Å². The first-order valence-electron chi connectivity index (χ1n) is 7.34. The number of methoxy groups -OCH3 is 1. The molecule has 1 aliphatic rings. The van der Waals surface area contributed by atoms with Crippen molar-refractivity contribution in [3.8, 4) is 5.75 Å². The summed E-state index contributed by atoms with van der Waals surface area (Å²) < 4.78 is 5.34. The molecule has 1 aromatic rings. The average molecular weight is 276 g/mol. The van der Waals surface area contributed by atoms with Gasteiger partial charge in [-0.15, -0.1) is 0 Å². The zero-order valence-corrected chi connectivity index (χ0v) is 12.5. The van der Waals surface area contributed by atoms with Gasteiger partial charge in [-0.2, -0.15) is 0 Å². The van der Waals surface area contributed by atoms with Crippen molar-refractivity contribution < 1.29 is 9.53 Å². The lowest BCUT2D eigenvalue weighted by Crippen LogP contribution is -2.41. The summed E-state index contributed by atoms with van der Waals surface area (Å²) in [6, 6.07) is 7.98. The monoisotopic (exact) mass is 276 g/mol. The summed E-state index contributed by atoms with van der Waals surface area (Å²) in [4.78, 5) is 16.2. The van der Waals surface area contributed by atoms with E-state index in [1.165, 1.54) is 12.8 Å². The molecule has 0 spiro atoms. The van der Waals surface area contributed by atoms with E-state index in [0.29, 0.717) is 6.54 Å². The predicted octanol–water partition coefficient (Wildman–Crippen LogP) is 3.12. The molecular formula is C16H24N2O2. The Balaban J connectivity index is 1.99. The van der Waals surface area contributed by atoms with E-state index in [4.69, 9.17) is 4.74 Å². The van der Waals surface area contributed by atoms with E-state index < -0.39 is 0 Å². The zero-order chi connectivity index (χ0) is 14.4. The van der Waals surface area contributed by atoms with Crippen molar-refractivity contribution in [2.45, 2.75) is 32.2 Å². The molecule has 2 rings (SSSR count). The quantitative estimate of drug-likeness (QED) is 0.849. The van der Waals surface area contributed by atoms with Crippen LogP contribution in [0.4, 0.5) is 4.79 Å². The second-order valence-corrected chi connectivity index (χ2v) is 5.35. The van der Waals surface area contributed by atoms with Crippen molar-refractivity contribution >= 4 is 6.03 Å². The van der Waals surface area contributed by atoms with Gasteiger partial charge in [0.25, 0.3) is 0 Å². The Kier molecular flexibility index (Phi) is 5.27. The molecule has 0 aliphatic carbocycles. The smallest absolute Gasteiger partial charge is 0.320 e. The number of amides is 2. The summed E-state index contributed by atoms with van der Waals surface area (Å²) in [5.41, 5.74) is 1.04. The van der Waals surface area contributed by atoms with Crippen LogP contribution in [0.5, 0.6) is 5.75 Å². The van der Waals surface area contributed by atoms with Gasteiger partial charge in [0.05, 0.1) is 13.7 Å². The van der Waals surface area contributed by atoms with Gasteiger partial charge in [-0.1, -0.05) is 31.0 Å². The molecule has 20 heavy (non-hydrogen) atoms. The van der Waals surface area contributed by atoms with E-state index in [1.54, 1.807) is 12.0 Å². The van der Waals surface area contributed by atoms with Gasteiger partial charge >= 0.3 is 6.03 Å². The van der Waals surface area contributed by atoms with Crippen molar-refractivity contribution in [3.05, 3.63) is 29.8 Å². The molecule has 2 amide bonds. The van der Waals surface area contributed by atoms with Gasteiger partial charge < -0.3 is 14.5 Å². The molecule has 0 N–H and O–H groups in total. The second kappa shape index (κ2) is 7.17. The lowest BCUT2D eigenvalue weighted by Gasteiger charge is -2.27. The van der Waals surface area contributed by atoms with Crippen LogP contribution in [0.25, 0.3) is 0 Å². The number of rotatable bonds is 3. The molecule has 1 aromatic carbocycles. The fourth-order valence-electron chi connectivity index (χ4n) is 2.66. The Bertz CT molecular complexity index is 440. The van der Waals surface area contributed by atoms with Gasteiger partial charge in [-0.05, 0) is 18.9 Å². The number of carbonyl (C=O) groups is 1. The summed E-state index contributed by atoms with van der Waals surface area (Å²) in [7, 11) is 3.52. The number of urea groups is 1. The summed E-state index contributed by atoms with van der Waals surface area (Å²) in [5.74, 6) is 0.836. The van der Waals surface area contributed by atoms with E-state index in [-0.39, 0.29) is 6.03 Å². The van der Waals surface area contributed by atoms with Crippen LogP contribution in [0.3, 0.4) is 0 Å². The fourth-order valence-corrected chi connectivity index (χ4v) is 2.66. The second-order valence-electron chi connectivity index (χ2n) is 5.35. The molecule has 0 radical (unpaired) electrons. The number of likely N-dealkylation sites (tertiary alicyclic amines) is 1.